The number of primary amides is 1. The smallest absolute Gasteiger partial charge is 0.382 e. The summed E-state index contributed by atoms with van der Waals surface area (Å²) in [7, 11) is 0. The Morgan fingerprint density at radius 2 is 2.05 bits per heavy atom. The average Bonchev–Trinajstić information content (AvgIpc) is 2.29. The average molecular weight is 288 g/mol. The third kappa shape index (κ3) is 5.11. The number of hydrogen-bond donors (Lipinski definition) is 2. The highest BCUT2D eigenvalue weighted by atomic mass is 19.4. The van der Waals surface area contributed by atoms with Crippen LogP contribution in [0, 0.1) is 6.92 Å². The first kappa shape index (κ1) is 16.3. The summed E-state index contributed by atoms with van der Waals surface area (Å²) in [5.74, 6) is -0.518. The van der Waals surface area contributed by atoms with Crippen LogP contribution in [0.3, 0.4) is 0 Å². The van der Waals surface area contributed by atoms with Gasteiger partial charge in [-0.1, -0.05) is 6.07 Å². The van der Waals surface area contributed by atoms with Gasteiger partial charge < -0.3 is 11.1 Å². The van der Waals surface area contributed by atoms with Crippen LogP contribution in [0.5, 0.6) is 0 Å². The minimum atomic E-state index is -4.11. The van der Waals surface area contributed by atoms with Gasteiger partial charge in [-0.15, -0.1) is 0 Å². The molecule has 112 valence electrons. The molecule has 0 saturated heterocycles. The number of halogens is 3. The second kappa shape index (κ2) is 6.63. The first-order valence-electron chi connectivity index (χ1n) is 6.43. The van der Waals surface area contributed by atoms with E-state index in [-0.39, 0.29) is 12.5 Å². The molecule has 20 heavy (non-hydrogen) atoms. The van der Waals surface area contributed by atoms with Crippen molar-refractivity contribution in [2.75, 3.05) is 5.32 Å². The molecule has 0 bridgehead atoms. The van der Waals surface area contributed by atoms with Crippen LogP contribution >= 0.6 is 0 Å². The van der Waals surface area contributed by atoms with Gasteiger partial charge in [0, 0.05) is 23.7 Å². The molecule has 1 aromatic rings. The maximum absolute atomic E-state index is 12.1. The lowest BCUT2D eigenvalue weighted by molar-refractivity contribution is -0.135. The molecular weight excluding hydrogens is 269 g/mol. The second-order valence-corrected chi connectivity index (χ2v) is 4.90. The molecule has 1 atom stereocenters. The molecule has 0 fully saturated rings. The topological polar surface area (TPSA) is 55.1 Å². The lowest BCUT2D eigenvalue weighted by atomic mass is 10.0. The zero-order valence-corrected chi connectivity index (χ0v) is 11.6. The molecule has 1 aromatic carbocycles. The molecule has 3 N–H and O–H groups in total. The summed E-state index contributed by atoms with van der Waals surface area (Å²) in [6.07, 6.45) is -4.41. The Morgan fingerprint density at radius 3 is 2.60 bits per heavy atom. The van der Waals surface area contributed by atoms with Crippen LogP contribution in [-0.4, -0.2) is 18.1 Å². The van der Waals surface area contributed by atoms with Gasteiger partial charge in [0.2, 0.25) is 5.91 Å². The summed E-state index contributed by atoms with van der Waals surface area (Å²) in [5, 5.41) is 3.12. The maximum atomic E-state index is 12.1. The summed E-state index contributed by atoms with van der Waals surface area (Å²) in [4.78, 5) is 11.2. The maximum Gasteiger partial charge on any atom is 0.389 e. The van der Waals surface area contributed by atoms with Crippen LogP contribution in [0.1, 0.15) is 42.1 Å². The van der Waals surface area contributed by atoms with Crippen molar-refractivity contribution in [3.05, 3.63) is 29.3 Å². The van der Waals surface area contributed by atoms with E-state index < -0.39 is 18.5 Å². The molecule has 3 nitrogen and oxygen atoms in total. The van der Waals surface area contributed by atoms with Gasteiger partial charge in [-0.3, -0.25) is 4.79 Å². The van der Waals surface area contributed by atoms with E-state index in [4.69, 9.17) is 5.73 Å². The van der Waals surface area contributed by atoms with E-state index in [1.165, 1.54) is 0 Å². The molecular formula is C14H19F3N2O. The molecule has 1 rings (SSSR count). The number of carbonyl (C=O) groups excluding carboxylic acids is 1. The zero-order chi connectivity index (χ0) is 15.3. The molecule has 0 aliphatic carbocycles. The minimum absolute atomic E-state index is 0.0756. The third-order valence-corrected chi connectivity index (χ3v) is 3.10. The van der Waals surface area contributed by atoms with Gasteiger partial charge in [-0.2, -0.15) is 13.2 Å². The van der Waals surface area contributed by atoms with Crippen molar-refractivity contribution in [2.24, 2.45) is 5.73 Å². The van der Waals surface area contributed by atoms with E-state index >= 15 is 0 Å². The summed E-state index contributed by atoms with van der Waals surface area (Å²) in [6.45, 7) is 3.57. The van der Waals surface area contributed by atoms with Crippen LogP contribution in [0.25, 0.3) is 0 Å². The van der Waals surface area contributed by atoms with Crippen LogP contribution in [0.4, 0.5) is 18.9 Å². The fraction of sp³-hybridized carbons (Fsp3) is 0.500. The standard InChI is InChI=1S/C14H19F3N2O/c1-9(5-4-8-14(15,16)17)19-12-7-3-6-11(10(12)2)13(18)20/h3,6-7,9,19H,4-5,8H2,1-2H3,(H2,18,20). The Labute approximate surface area is 116 Å². The van der Waals surface area contributed by atoms with Gasteiger partial charge in [0.1, 0.15) is 0 Å². The molecule has 0 spiro atoms. The number of benzene rings is 1. The normalized spacial score (nSPS) is 13.1. The van der Waals surface area contributed by atoms with Crippen molar-refractivity contribution in [1.29, 1.82) is 0 Å². The molecule has 0 aromatic heterocycles. The van der Waals surface area contributed by atoms with E-state index in [2.05, 4.69) is 5.32 Å². The Hall–Kier alpha value is -1.72. The predicted octanol–water partition coefficient (Wildman–Crippen LogP) is 3.63. The first-order valence-corrected chi connectivity index (χ1v) is 6.43. The van der Waals surface area contributed by atoms with Gasteiger partial charge in [-0.05, 0) is 44.4 Å². The molecule has 0 heterocycles. The molecule has 6 heteroatoms. The fourth-order valence-electron chi connectivity index (χ4n) is 2.01. The summed E-state index contributed by atoms with van der Waals surface area (Å²) < 4.78 is 36.2. The van der Waals surface area contributed by atoms with Crippen LogP contribution < -0.4 is 11.1 Å². The number of nitrogens with two attached hydrogens (primary N) is 1. The molecule has 0 aliphatic heterocycles. The van der Waals surface area contributed by atoms with Gasteiger partial charge >= 0.3 is 6.18 Å². The molecule has 0 saturated carbocycles. The minimum Gasteiger partial charge on any atom is -0.382 e. The Balaban J connectivity index is 2.60. The van der Waals surface area contributed by atoms with Gasteiger partial charge in [0.15, 0.2) is 0 Å². The molecule has 0 radical (unpaired) electrons. The van der Waals surface area contributed by atoms with Crippen LogP contribution in [-0.2, 0) is 0 Å². The van der Waals surface area contributed by atoms with Gasteiger partial charge in [0.05, 0.1) is 0 Å². The van der Waals surface area contributed by atoms with Gasteiger partial charge in [-0.25, -0.2) is 0 Å². The van der Waals surface area contributed by atoms with Crippen molar-refractivity contribution in [1.82, 2.24) is 0 Å². The number of rotatable bonds is 6. The highest BCUT2D eigenvalue weighted by molar-refractivity contribution is 5.95. The quantitative estimate of drug-likeness (QED) is 0.840. The summed E-state index contributed by atoms with van der Waals surface area (Å²) in [6, 6.07) is 4.98. The third-order valence-electron chi connectivity index (χ3n) is 3.10. The summed E-state index contributed by atoms with van der Waals surface area (Å²) in [5.41, 5.74) is 7.10. The Bertz CT molecular complexity index is 472. The van der Waals surface area contributed by atoms with Crippen molar-refractivity contribution >= 4 is 11.6 Å². The number of nitrogens with one attached hydrogen (secondary N) is 1. The van der Waals surface area contributed by atoms with Crippen molar-refractivity contribution in [3.8, 4) is 0 Å². The first-order chi connectivity index (χ1) is 9.20. The number of anilines is 1. The van der Waals surface area contributed by atoms with E-state index in [1.807, 2.05) is 6.92 Å². The van der Waals surface area contributed by atoms with Gasteiger partial charge in [0.25, 0.3) is 0 Å². The number of alkyl halides is 3. The highest BCUT2D eigenvalue weighted by Gasteiger charge is 2.26. The molecule has 1 unspecified atom stereocenters. The van der Waals surface area contributed by atoms with Crippen molar-refractivity contribution < 1.29 is 18.0 Å². The number of hydrogen-bond acceptors (Lipinski definition) is 2. The largest absolute Gasteiger partial charge is 0.389 e. The lowest BCUT2D eigenvalue weighted by Crippen LogP contribution is -2.19. The number of carbonyl (C=O) groups is 1. The highest BCUT2D eigenvalue weighted by Crippen LogP contribution is 2.24. The monoisotopic (exact) mass is 288 g/mol. The van der Waals surface area contributed by atoms with E-state index in [0.29, 0.717) is 17.5 Å². The lowest BCUT2D eigenvalue weighted by Gasteiger charge is -2.18. The zero-order valence-electron chi connectivity index (χ0n) is 11.6. The predicted molar refractivity (Wildman–Crippen MR) is 72.7 cm³/mol. The van der Waals surface area contributed by atoms with Crippen molar-refractivity contribution in [2.45, 2.75) is 45.3 Å². The Kier molecular flexibility index (Phi) is 5.42. The molecule has 1 amide bonds. The van der Waals surface area contributed by atoms with Crippen LogP contribution in [0.2, 0.25) is 0 Å². The second-order valence-electron chi connectivity index (χ2n) is 4.90. The summed E-state index contributed by atoms with van der Waals surface area (Å²) >= 11 is 0. The molecule has 0 aliphatic rings. The van der Waals surface area contributed by atoms with E-state index in [9.17, 15) is 18.0 Å². The van der Waals surface area contributed by atoms with E-state index in [1.54, 1.807) is 25.1 Å². The fourth-order valence-corrected chi connectivity index (χ4v) is 2.01. The van der Waals surface area contributed by atoms with E-state index in [0.717, 1.165) is 5.69 Å². The van der Waals surface area contributed by atoms with Crippen molar-refractivity contribution in [3.63, 3.8) is 0 Å². The SMILES string of the molecule is Cc1c(NC(C)CCCC(F)(F)F)cccc1C(N)=O. The Morgan fingerprint density at radius 1 is 1.40 bits per heavy atom. The van der Waals surface area contributed by atoms with Crippen LogP contribution in [0.15, 0.2) is 18.2 Å². The number of amides is 1.